The van der Waals surface area contributed by atoms with E-state index in [2.05, 4.69) is 31.9 Å². The summed E-state index contributed by atoms with van der Waals surface area (Å²) in [5.74, 6) is 0.237. The fourth-order valence-corrected chi connectivity index (χ4v) is 2.84. The molecule has 1 atom stereocenters. The number of carbonyl (C=O) groups is 1. The lowest BCUT2D eigenvalue weighted by molar-refractivity contribution is -0.120. The van der Waals surface area contributed by atoms with E-state index in [0.29, 0.717) is 6.54 Å². The summed E-state index contributed by atoms with van der Waals surface area (Å²) in [6.07, 6.45) is 1.64. The minimum Gasteiger partial charge on any atom is -0.330 e. The second-order valence-corrected chi connectivity index (χ2v) is 6.10. The lowest BCUT2D eigenvalue weighted by Crippen LogP contribution is -2.29. The number of hydrazone groups is 1. The van der Waals surface area contributed by atoms with E-state index in [1.165, 1.54) is 5.56 Å². The third-order valence-electron chi connectivity index (χ3n) is 3.95. The quantitative estimate of drug-likeness (QED) is 0.905. The third kappa shape index (κ3) is 3.16. The summed E-state index contributed by atoms with van der Waals surface area (Å²) in [5, 5.41) is 6.21. The summed E-state index contributed by atoms with van der Waals surface area (Å²) in [4.78, 5) is 12.7. The van der Waals surface area contributed by atoms with Gasteiger partial charge in [-0.05, 0) is 50.8 Å². The van der Waals surface area contributed by atoms with Crippen molar-refractivity contribution >= 4 is 17.3 Å². The fourth-order valence-electron chi connectivity index (χ4n) is 2.84. The highest BCUT2D eigenvalue weighted by molar-refractivity contribution is 6.16. The monoisotopic (exact) mass is 287 g/mol. The molecule has 21 heavy (non-hydrogen) atoms. The number of aryl methyl sites for hydroxylation is 2. The van der Waals surface area contributed by atoms with Gasteiger partial charge in [-0.15, -0.1) is 0 Å². The van der Waals surface area contributed by atoms with Gasteiger partial charge in [-0.2, -0.15) is 10.1 Å². The molecule has 0 saturated heterocycles. The van der Waals surface area contributed by atoms with Gasteiger partial charge in [0.2, 0.25) is 0 Å². The number of amides is 1. The normalized spacial score (nSPS) is 18.6. The molecule has 1 aromatic carbocycles. The van der Waals surface area contributed by atoms with Gasteiger partial charge < -0.3 is 5.73 Å². The number of nitrogens with zero attached hydrogens (tertiary/aromatic N) is 2. The van der Waals surface area contributed by atoms with Gasteiger partial charge >= 0.3 is 0 Å². The highest BCUT2D eigenvalue weighted by atomic mass is 16.2. The van der Waals surface area contributed by atoms with Crippen LogP contribution in [0.5, 0.6) is 0 Å². The van der Waals surface area contributed by atoms with Gasteiger partial charge in [0, 0.05) is 0 Å². The maximum Gasteiger partial charge on any atom is 0.256 e. The minimum atomic E-state index is -0.116. The Hall–Kier alpha value is -1.68. The summed E-state index contributed by atoms with van der Waals surface area (Å²) in [6.45, 7) is 8.86. The van der Waals surface area contributed by atoms with Crippen LogP contribution in [0.25, 0.3) is 0 Å². The van der Waals surface area contributed by atoms with Crippen molar-refractivity contribution in [1.29, 1.82) is 0 Å². The van der Waals surface area contributed by atoms with Gasteiger partial charge in [0.05, 0.1) is 17.3 Å². The molecule has 2 N–H and O–H groups in total. The largest absolute Gasteiger partial charge is 0.330 e. The Balaban J connectivity index is 2.34. The SMILES string of the molecule is Cc1ccc(N2N=C(C(C)C)C(CCCN)C2=O)c(C)c1. The lowest BCUT2D eigenvalue weighted by atomic mass is 9.90. The van der Waals surface area contributed by atoms with Gasteiger partial charge in [0.25, 0.3) is 5.91 Å². The molecule has 1 amide bonds. The Morgan fingerprint density at radius 3 is 2.62 bits per heavy atom. The number of anilines is 1. The molecular formula is C17H25N3O. The van der Waals surface area contributed by atoms with Crippen LogP contribution < -0.4 is 10.7 Å². The van der Waals surface area contributed by atoms with E-state index in [-0.39, 0.29) is 17.7 Å². The first kappa shape index (κ1) is 15.7. The highest BCUT2D eigenvalue weighted by Crippen LogP contribution is 2.31. The van der Waals surface area contributed by atoms with Crippen molar-refractivity contribution in [2.75, 3.05) is 11.6 Å². The maximum absolute atomic E-state index is 12.7. The molecule has 0 spiro atoms. The molecule has 1 aliphatic rings. The lowest BCUT2D eigenvalue weighted by Gasteiger charge is -2.17. The first-order chi connectivity index (χ1) is 9.95. The zero-order valence-corrected chi connectivity index (χ0v) is 13.4. The average Bonchev–Trinajstić information content (AvgIpc) is 2.74. The molecule has 1 aromatic rings. The molecule has 114 valence electrons. The average molecular weight is 287 g/mol. The highest BCUT2D eigenvalue weighted by Gasteiger charge is 2.37. The summed E-state index contributed by atoms with van der Waals surface area (Å²) in [7, 11) is 0. The smallest absolute Gasteiger partial charge is 0.256 e. The number of rotatable bonds is 5. The van der Waals surface area contributed by atoms with E-state index in [1.54, 1.807) is 5.01 Å². The Morgan fingerprint density at radius 1 is 1.33 bits per heavy atom. The van der Waals surface area contributed by atoms with E-state index in [4.69, 9.17) is 5.73 Å². The van der Waals surface area contributed by atoms with Crippen LogP contribution in [0.15, 0.2) is 23.3 Å². The zero-order chi connectivity index (χ0) is 15.6. The number of hydrogen-bond donors (Lipinski definition) is 1. The second-order valence-electron chi connectivity index (χ2n) is 6.10. The van der Waals surface area contributed by atoms with Crippen LogP contribution in [0, 0.1) is 25.7 Å². The van der Waals surface area contributed by atoms with Gasteiger partial charge in [-0.25, -0.2) is 0 Å². The summed E-state index contributed by atoms with van der Waals surface area (Å²) in [5.41, 5.74) is 9.73. The van der Waals surface area contributed by atoms with Crippen molar-refractivity contribution in [3.8, 4) is 0 Å². The Labute approximate surface area is 127 Å². The Bertz CT molecular complexity index is 563. The Morgan fingerprint density at radius 2 is 2.05 bits per heavy atom. The predicted molar refractivity (Wildman–Crippen MR) is 87.5 cm³/mol. The molecule has 1 unspecified atom stereocenters. The van der Waals surface area contributed by atoms with E-state index in [0.717, 1.165) is 29.8 Å². The van der Waals surface area contributed by atoms with Crippen LogP contribution in [0.3, 0.4) is 0 Å². The number of benzene rings is 1. The molecule has 0 aliphatic carbocycles. The fraction of sp³-hybridized carbons (Fsp3) is 0.529. The van der Waals surface area contributed by atoms with Crippen molar-refractivity contribution in [2.24, 2.45) is 22.7 Å². The molecule has 0 fully saturated rings. The van der Waals surface area contributed by atoms with Gasteiger partial charge in [0.15, 0.2) is 0 Å². The van der Waals surface area contributed by atoms with Crippen LogP contribution in [-0.2, 0) is 4.79 Å². The van der Waals surface area contributed by atoms with Crippen LogP contribution in [0.1, 0.15) is 37.8 Å². The second kappa shape index (κ2) is 6.39. The van der Waals surface area contributed by atoms with Gasteiger partial charge in [-0.1, -0.05) is 31.5 Å². The maximum atomic E-state index is 12.7. The van der Waals surface area contributed by atoms with E-state index < -0.39 is 0 Å². The summed E-state index contributed by atoms with van der Waals surface area (Å²) in [6, 6.07) is 6.09. The van der Waals surface area contributed by atoms with Crippen molar-refractivity contribution in [3.63, 3.8) is 0 Å². The number of nitrogens with two attached hydrogens (primary N) is 1. The molecule has 0 aromatic heterocycles. The van der Waals surface area contributed by atoms with Crippen LogP contribution >= 0.6 is 0 Å². The summed E-state index contributed by atoms with van der Waals surface area (Å²) < 4.78 is 0. The summed E-state index contributed by atoms with van der Waals surface area (Å²) >= 11 is 0. The van der Waals surface area contributed by atoms with E-state index >= 15 is 0 Å². The molecule has 1 heterocycles. The van der Waals surface area contributed by atoms with Gasteiger partial charge in [-0.3, -0.25) is 4.79 Å². The molecule has 0 saturated carbocycles. The molecule has 2 rings (SSSR count). The number of carbonyl (C=O) groups excluding carboxylic acids is 1. The predicted octanol–water partition coefficient (Wildman–Crippen LogP) is 3.02. The van der Waals surface area contributed by atoms with Crippen molar-refractivity contribution in [3.05, 3.63) is 29.3 Å². The first-order valence-electron chi connectivity index (χ1n) is 7.65. The van der Waals surface area contributed by atoms with Crippen LogP contribution in [-0.4, -0.2) is 18.2 Å². The van der Waals surface area contributed by atoms with Gasteiger partial charge in [0.1, 0.15) is 0 Å². The number of hydrogen-bond acceptors (Lipinski definition) is 3. The molecule has 1 aliphatic heterocycles. The van der Waals surface area contributed by atoms with Crippen LogP contribution in [0.4, 0.5) is 5.69 Å². The van der Waals surface area contributed by atoms with Crippen molar-refractivity contribution < 1.29 is 4.79 Å². The Kier molecular flexibility index (Phi) is 4.78. The van der Waals surface area contributed by atoms with E-state index in [9.17, 15) is 4.79 Å². The standard InChI is InChI=1S/C17H25N3O/c1-11(2)16-14(6-5-9-18)17(21)20(19-16)15-8-7-12(3)10-13(15)4/h7-8,10-11,14H,5-6,9,18H2,1-4H3. The van der Waals surface area contributed by atoms with Crippen molar-refractivity contribution in [1.82, 2.24) is 0 Å². The topological polar surface area (TPSA) is 58.7 Å². The zero-order valence-electron chi connectivity index (χ0n) is 13.4. The minimum absolute atomic E-state index is 0.0825. The molecule has 0 radical (unpaired) electrons. The van der Waals surface area contributed by atoms with Crippen molar-refractivity contribution in [2.45, 2.75) is 40.5 Å². The third-order valence-corrected chi connectivity index (χ3v) is 3.95. The molecule has 4 nitrogen and oxygen atoms in total. The van der Waals surface area contributed by atoms with E-state index in [1.807, 2.05) is 19.1 Å². The first-order valence-corrected chi connectivity index (χ1v) is 7.65. The molecule has 0 bridgehead atoms. The van der Waals surface area contributed by atoms with Crippen LogP contribution in [0.2, 0.25) is 0 Å². The molecule has 4 heteroatoms. The molecular weight excluding hydrogens is 262 g/mol.